The van der Waals surface area contributed by atoms with Crippen molar-refractivity contribution in [1.82, 2.24) is 4.72 Å². The van der Waals surface area contributed by atoms with E-state index < -0.39 is 37.8 Å². The first-order valence-corrected chi connectivity index (χ1v) is 9.42. The molecule has 0 saturated carbocycles. The predicted molar refractivity (Wildman–Crippen MR) is 100 cm³/mol. The number of nitriles is 1. The summed E-state index contributed by atoms with van der Waals surface area (Å²) in [6, 6.07) is 5.50. The van der Waals surface area contributed by atoms with Crippen molar-refractivity contribution in [1.29, 1.82) is 5.26 Å². The van der Waals surface area contributed by atoms with Gasteiger partial charge in [0, 0.05) is 29.1 Å². The number of nitro benzene ring substituents is 1. The topological polar surface area (TPSA) is 102 Å². The molecule has 0 amide bonds. The Morgan fingerprint density at radius 3 is 2.27 bits per heavy atom. The molecule has 0 bridgehead atoms. The van der Waals surface area contributed by atoms with Crippen LogP contribution in [0.4, 0.5) is 10.1 Å². The van der Waals surface area contributed by atoms with Crippen molar-refractivity contribution in [2.75, 3.05) is 0 Å². The van der Waals surface area contributed by atoms with Crippen molar-refractivity contribution in [3.8, 4) is 6.07 Å². The highest BCUT2D eigenvalue weighted by Gasteiger charge is 2.40. The first-order valence-electron chi connectivity index (χ1n) is 8.27. The van der Waals surface area contributed by atoms with Crippen LogP contribution in [0.5, 0.6) is 0 Å². The molecular formula is C18H26FN3O3S. The maximum atomic E-state index is 14.6. The maximum Gasteiger partial charge on any atom is 0.269 e. The SMILES string of the molecule is CC(C)(C#N)CC[C@@](C)(N[S+]([O-])C(C)(C)C)c1cc([N+](=O)[O-])ccc1F. The lowest BCUT2D eigenvalue weighted by Crippen LogP contribution is -2.50. The lowest BCUT2D eigenvalue weighted by atomic mass is 9.80. The number of rotatable bonds is 7. The minimum absolute atomic E-state index is 0.0676. The van der Waals surface area contributed by atoms with Crippen LogP contribution in [0.15, 0.2) is 18.2 Å². The zero-order valence-corrected chi connectivity index (χ0v) is 16.9. The van der Waals surface area contributed by atoms with Gasteiger partial charge >= 0.3 is 0 Å². The van der Waals surface area contributed by atoms with E-state index in [4.69, 9.17) is 0 Å². The number of hydrogen-bond donors (Lipinski definition) is 1. The fourth-order valence-electron chi connectivity index (χ4n) is 2.27. The number of nitrogens with zero attached hydrogens (tertiary/aromatic N) is 2. The van der Waals surface area contributed by atoms with Crippen molar-refractivity contribution in [2.45, 2.75) is 64.7 Å². The fraction of sp³-hybridized carbons (Fsp3) is 0.611. The van der Waals surface area contributed by atoms with Crippen molar-refractivity contribution < 1.29 is 13.9 Å². The number of nitro groups is 1. The molecule has 8 heteroatoms. The zero-order valence-electron chi connectivity index (χ0n) is 16.1. The highest BCUT2D eigenvalue weighted by molar-refractivity contribution is 7.90. The summed E-state index contributed by atoms with van der Waals surface area (Å²) in [5.74, 6) is -0.619. The van der Waals surface area contributed by atoms with E-state index >= 15 is 0 Å². The molecule has 1 N–H and O–H groups in total. The van der Waals surface area contributed by atoms with E-state index in [9.17, 15) is 24.3 Å². The van der Waals surface area contributed by atoms with Crippen LogP contribution >= 0.6 is 0 Å². The molecule has 0 fully saturated rings. The van der Waals surface area contributed by atoms with Gasteiger partial charge in [0.1, 0.15) is 10.6 Å². The van der Waals surface area contributed by atoms with E-state index in [-0.39, 0.29) is 17.7 Å². The quantitative estimate of drug-likeness (QED) is 0.429. The molecule has 1 rings (SSSR count). The van der Waals surface area contributed by atoms with Crippen molar-refractivity contribution >= 4 is 17.0 Å². The fourth-order valence-corrected chi connectivity index (χ4v) is 3.19. The van der Waals surface area contributed by atoms with Gasteiger partial charge < -0.3 is 4.55 Å². The van der Waals surface area contributed by atoms with Crippen LogP contribution in [-0.2, 0) is 16.9 Å². The standard InChI is InChI=1S/C18H26FN3O3S/c1-16(2,3)26(25)21-18(6,10-9-17(4,5)12-20)14-11-13(22(23)24)7-8-15(14)19/h7-8,11,21H,9-10H2,1-6H3/t18-,26?/m1/s1. The minimum atomic E-state index is -1.53. The molecule has 0 aliphatic heterocycles. The zero-order chi connectivity index (χ0) is 20.3. The molecule has 6 nitrogen and oxygen atoms in total. The van der Waals surface area contributed by atoms with Gasteiger partial charge in [-0.05, 0) is 60.5 Å². The molecule has 1 unspecified atom stereocenters. The second-order valence-corrected chi connectivity index (χ2v) is 10.2. The van der Waals surface area contributed by atoms with E-state index in [1.807, 2.05) is 0 Å². The Morgan fingerprint density at radius 2 is 1.81 bits per heavy atom. The second kappa shape index (κ2) is 7.91. The average molecular weight is 383 g/mol. The molecule has 0 heterocycles. The molecule has 0 saturated heterocycles. The maximum absolute atomic E-state index is 14.6. The second-order valence-electron chi connectivity index (χ2n) is 8.23. The monoisotopic (exact) mass is 383 g/mol. The van der Waals surface area contributed by atoms with Gasteiger partial charge in [0.05, 0.1) is 21.9 Å². The van der Waals surface area contributed by atoms with Gasteiger partial charge in [-0.25, -0.2) is 4.39 Å². The van der Waals surface area contributed by atoms with Gasteiger partial charge in [0.15, 0.2) is 0 Å². The summed E-state index contributed by atoms with van der Waals surface area (Å²) in [5, 5.41) is 20.3. The van der Waals surface area contributed by atoms with E-state index in [1.165, 1.54) is 6.07 Å². The Bertz CT molecular complexity index is 713. The van der Waals surface area contributed by atoms with Gasteiger partial charge in [-0.1, -0.05) is 0 Å². The van der Waals surface area contributed by atoms with Crippen LogP contribution in [0, 0.1) is 32.7 Å². The van der Waals surface area contributed by atoms with Crippen molar-refractivity contribution in [2.24, 2.45) is 5.41 Å². The summed E-state index contributed by atoms with van der Waals surface area (Å²) in [6.45, 7) is 10.5. The highest BCUT2D eigenvalue weighted by atomic mass is 32.2. The molecule has 2 atom stereocenters. The third-order valence-corrected chi connectivity index (χ3v) is 5.93. The Balaban J connectivity index is 3.38. The van der Waals surface area contributed by atoms with Crippen LogP contribution in [0.1, 0.15) is 59.9 Å². The largest absolute Gasteiger partial charge is 0.598 e. The lowest BCUT2D eigenvalue weighted by Gasteiger charge is -2.36. The molecular weight excluding hydrogens is 357 g/mol. The summed E-state index contributed by atoms with van der Waals surface area (Å²) in [6.07, 6.45) is 0.684. The van der Waals surface area contributed by atoms with Crippen molar-refractivity contribution in [3.63, 3.8) is 0 Å². The summed E-state index contributed by atoms with van der Waals surface area (Å²) in [5.41, 5.74) is -1.97. The summed E-state index contributed by atoms with van der Waals surface area (Å²) < 4.78 is 29.6. The first-order chi connectivity index (χ1) is 11.7. The third kappa shape index (κ3) is 5.66. The lowest BCUT2D eigenvalue weighted by molar-refractivity contribution is -0.385. The van der Waals surface area contributed by atoms with E-state index in [2.05, 4.69) is 10.8 Å². The molecule has 0 aromatic heterocycles. The Labute approximate surface area is 157 Å². The first kappa shape index (κ1) is 22.4. The molecule has 0 radical (unpaired) electrons. The van der Waals surface area contributed by atoms with Gasteiger partial charge in [0.2, 0.25) is 0 Å². The molecule has 0 spiro atoms. The minimum Gasteiger partial charge on any atom is -0.598 e. The van der Waals surface area contributed by atoms with Gasteiger partial charge in [0.25, 0.3) is 5.69 Å². The number of non-ortho nitro benzene ring substituents is 1. The van der Waals surface area contributed by atoms with Crippen LogP contribution < -0.4 is 4.72 Å². The van der Waals surface area contributed by atoms with E-state index in [1.54, 1.807) is 41.5 Å². The number of halogens is 1. The molecule has 0 aliphatic rings. The number of nitrogens with one attached hydrogen (secondary N) is 1. The van der Waals surface area contributed by atoms with E-state index in [0.717, 1.165) is 12.1 Å². The Morgan fingerprint density at radius 1 is 1.23 bits per heavy atom. The van der Waals surface area contributed by atoms with Crippen LogP contribution in [0.2, 0.25) is 0 Å². The van der Waals surface area contributed by atoms with Crippen molar-refractivity contribution in [3.05, 3.63) is 39.7 Å². The number of benzene rings is 1. The molecule has 144 valence electrons. The summed E-state index contributed by atoms with van der Waals surface area (Å²) in [7, 11) is 0. The molecule has 26 heavy (non-hydrogen) atoms. The van der Waals surface area contributed by atoms with Gasteiger partial charge in [-0.2, -0.15) is 5.26 Å². The van der Waals surface area contributed by atoms with E-state index in [0.29, 0.717) is 6.42 Å². The third-order valence-electron chi connectivity index (χ3n) is 4.18. The average Bonchev–Trinajstić information content (AvgIpc) is 2.52. The van der Waals surface area contributed by atoms with Gasteiger partial charge in [-0.15, -0.1) is 4.72 Å². The summed E-state index contributed by atoms with van der Waals surface area (Å²) >= 11 is -1.53. The number of hydrogen-bond acceptors (Lipinski definition) is 5. The van der Waals surface area contributed by atoms with Crippen LogP contribution in [0.25, 0.3) is 0 Å². The smallest absolute Gasteiger partial charge is 0.269 e. The molecule has 0 aliphatic carbocycles. The normalized spacial score (nSPS) is 15.8. The molecule has 1 aromatic carbocycles. The highest BCUT2D eigenvalue weighted by Crippen LogP contribution is 2.36. The Hall–Kier alpha value is -1.69. The molecule has 1 aromatic rings. The van der Waals surface area contributed by atoms with Gasteiger partial charge in [-0.3, -0.25) is 10.1 Å². The summed E-state index contributed by atoms with van der Waals surface area (Å²) in [4.78, 5) is 10.5. The van der Waals surface area contributed by atoms with Crippen LogP contribution in [-0.4, -0.2) is 14.2 Å². The predicted octanol–water partition coefficient (Wildman–Crippen LogP) is 4.33. The van der Waals surface area contributed by atoms with Crippen LogP contribution in [0.3, 0.4) is 0 Å². The Kier molecular flexibility index (Phi) is 6.80.